The molecule has 0 radical (unpaired) electrons. The fourth-order valence-corrected chi connectivity index (χ4v) is 1.46. The molecule has 0 atom stereocenters. The normalized spacial score (nSPS) is 12.1. The lowest BCUT2D eigenvalue weighted by atomic mass is 9.81. The summed E-state index contributed by atoms with van der Waals surface area (Å²) in [7, 11) is 0. The van der Waals surface area contributed by atoms with E-state index in [1.807, 2.05) is 44.2 Å². The number of rotatable bonds is 3. The highest BCUT2D eigenvalue weighted by atomic mass is 16.5. The van der Waals surface area contributed by atoms with Crippen LogP contribution in [0.4, 0.5) is 0 Å². The molecule has 2 nitrogen and oxygen atoms in total. The molecule has 1 aromatic carbocycles. The molecule has 0 saturated heterocycles. The smallest absolute Gasteiger partial charge is 0.152 e. The molecule has 0 bridgehead atoms. The Bertz CT molecular complexity index is 252. The molecule has 0 aliphatic rings. The van der Waals surface area contributed by atoms with E-state index in [4.69, 9.17) is 10.2 Å². The van der Waals surface area contributed by atoms with Crippen molar-refractivity contribution < 1.29 is 10.2 Å². The molecule has 0 aromatic heterocycles. The summed E-state index contributed by atoms with van der Waals surface area (Å²) < 4.78 is 0. The van der Waals surface area contributed by atoms with Crippen molar-refractivity contribution in [3.63, 3.8) is 0 Å². The number of hydrogen-bond donors (Lipinski definition) is 2. The van der Waals surface area contributed by atoms with Crippen LogP contribution in [0.3, 0.4) is 0 Å². The maximum absolute atomic E-state index is 8.90. The third kappa shape index (κ3) is 2.83. The van der Waals surface area contributed by atoms with Gasteiger partial charge in [-0.15, -0.1) is 0 Å². The van der Waals surface area contributed by atoms with Gasteiger partial charge < -0.3 is 10.2 Å². The van der Waals surface area contributed by atoms with Crippen LogP contribution in [0.5, 0.6) is 0 Å². The van der Waals surface area contributed by atoms with E-state index in [2.05, 4.69) is 0 Å². The summed E-state index contributed by atoms with van der Waals surface area (Å²) in [6.45, 7) is 4.00. The van der Waals surface area contributed by atoms with Gasteiger partial charge in [0.25, 0.3) is 0 Å². The Balaban J connectivity index is 2.81. The lowest BCUT2D eigenvalue weighted by molar-refractivity contribution is -0.0573. The minimum absolute atomic E-state index is 0.185. The highest BCUT2D eigenvalue weighted by Crippen LogP contribution is 2.27. The van der Waals surface area contributed by atoms with Gasteiger partial charge >= 0.3 is 0 Å². The maximum Gasteiger partial charge on any atom is 0.152 e. The Hall–Kier alpha value is -0.860. The number of aliphatic hydroxyl groups is 2. The largest absolute Gasteiger partial charge is 0.368 e. The summed E-state index contributed by atoms with van der Waals surface area (Å²) in [6, 6.07) is 9.88. The molecular weight excluding hydrogens is 164 g/mol. The highest BCUT2D eigenvalue weighted by molar-refractivity contribution is 5.23. The highest BCUT2D eigenvalue weighted by Gasteiger charge is 2.22. The third-order valence-corrected chi connectivity index (χ3v) is 2.25. The molecule has 0 aliphatic heterocycles. The topological polar surface area (TPSA) is 40.5 Å². The molecule has 0 amide bonds. The summed E-state index contributed by atoms with van der Waals surface area (Å²) in [6.07, 6.45) is -0.882. The van der Waals surface area contributed by atoms with Gasteiger partial charge in [-0.1, -0.05) is 44.2 Å². The Morgan fingerprint density at radius 1 is 1.15 bits per heavy atom. The van der Waals surface area contributed by atoms with Crippen LogP contribution in [-0.4, -0.2) is 16.5 Å². The fourth-order valence-electron chi connectivity index (χ4n) is 1.46. The predicted octanol–water partition coefficient (Wildman–Crippen LogP) is 1.66. The van der Waals surface area contributed by atoms with Crippen LogP contribution in [0.15, 0.2) is 30.3 Å². The average molecular weight is 180 g/mol. The summed E-state index contributed by atoms with van der Waals surface area (Å²) in [5, 5.41) is 17.8. The van der Waals surface area contributed by atoms with Gasteiger partial charge in [-0.2, -0.15) is 0 Å². The van der Waals surface area contributed by atoms with Crippen molar-refractivity contribution >= 4 is 0 Å². The number of benzene rings is 1. The van der Waals surface area contributed by atoms with Crippen molar-refractivity contribution in [3.05, 3.63) is 35.9 Å². The lowest BCUT2D eigenvalue weighted by Crippen LogP contribution is -2.24. The van der Waals surface area contributed by atoms with Crippen LogP contribution in [0.1, 0.15) is 25.8 Å². The van der Waals surface area contributed by atoms with Crippen molar-refractivity contribution in [1.82, 2.24) is 0 Å². The Kier molecular flexibility index (Phi) is 3.07. The molecule has 0 fully saturated rings. The van der Waals surface area contributed by atoms with Crippen LogP contribution in [0.2, 0.25) is 0 Å². The minimum Gasteiger partial charge on any atom is -0.368 e. The molecule has 2 heteroatoms. The molecule has 0 spiro atoms. The van der Waals surface area contributed by atoms with Gasteiger partial charge in [0.2, 0.25) is 0 Å². The quantitative estimate of drug-likeness (QED) is 0.694. The maximum atomic E-state index is 8.90. The van der Waals surface area contributed by atoms with Crippen LogP contribution < -0.4 is 0 Å². The van der Waals surface area contributed by atoms with E-state index in [9.17, 15) is 0 Å². The van der Waals surface area contributed by atoms with Crippen LogP contribution in [-0.2, 0) is 5.41 Å². The summed E-state index contributed by atoms with van der Waals surface area (Å²) >= 11 is 0. The van der Waals surface area contributed by atoms with Crippen molar-refractivity contribution in [2.45, 2.75) is 32.0 Å². The summed E-state index contributed by atoms with van der Waals surface area (Å²) in [5.74, 6) is 0. The minimum atomic E-state index is -1.24. The second-order valence-electron chi connectivity index (χ2n) is 3.93. The SMILES string of the molecule is CC(C)(CC(O)O)c1ccccc1. The Labute approximate surface area is 78.8 Å². The first-order chi connectivity index (χ1) is 6.02. The third-order valence-electron chi connectivity index (χ3n) is 2.25. The van der Waals surface area contributed by atoms with E-state index in [1.165, 1.54) is 0 Å². The van der Waals surface area contributed by atoms with E-state index >= 15 is 0 Å². The predicted molar refractivity (Wildman–Crippen MR) is 52.3 cm³/mol. The van der Waals surface area contributed by atoms with Crippen LogP contribution >= 0.6 is 0 Å². The van der Waals surface area contributed by atoms with Gasteiger partial charge in [-0.3, -0.25) is 0 Å². The molecule has 72 valence electrons. The van der Waals surface area contributed by atoms with E-state index in [0.29, 0.717) is 6.42 Å². The lowest BCUT2D eigenvalue weighted by Gasteiger charge is -2.25. The van der Waals surface area contributed by atoms with Gasteiger partial charge in [-0.25, -0.2) is 0 Å². The second kappa shape index (κ2) is 3.90. The molecule has 0 aliphatic carbocycles. The average Bonchev–Trinajstić information content (AvgIpc) is 2.04. The van der Waals surface area contributed by atoms with Crippen molar-refractivity contribution in [1.29, 1.82) is 0 Å². The van der Waals surface area contributed by atoms with Crippen LogP contribution in [0, 0.1) is 0 Å². The van der Waals surface area contributed by atoms with Crippen molar-refractivity contribution in [2.75, 3.05) is 0 Å². The number of hydrogen-bond acceptors (Lipinski definition) is 2. The van der Waals surface area contributed by atoms with E-state index in [0.717, 1.165) is 5.56 Å². The Morgan fingerprint density at radius 2 is 1.69 bits per heavy atom. The molecule has 0 unspecified atom stereocenters. The van der Waals surface area contributed by atoms with E-state index in [-0.39, 0.29) is 5.41 Å². The molecule has 2 N–H and O–H groups in total. The summed E-state index contributed by atoms with van der Waals surface area (Å²) in [5.41, 5.74) is 0.943. The molecule has 1 rings (SSSR count). The van der Waals surface area contributed by atoms with E-state index < -0.39 is 6.29 Å². The van der Waals surface area contributed by atoms with Gasteiger partial charge in [0.1, 0.15) is 0 Å². The summed E-state index contributed by atoms with van der Waals surface area (Å²) in [4.78, 5) is 0. The zero-order valence-corrected chi connectivity index (χ0v) is 8.07. The first-order valence-electron chi connectivity index (χ1n) is 4.44. The fraction of sp³-hybridized carbons (Fsp3) is 0.455. The van der Waals surface area contributed by atoms with Gasteiger partial charge in [0.05, 0.1) is 0 Å². The first kappa shape index (κ1) is 10.2. The van der Waals surface area contributed by atoms with E-state index in [1.54, 1.807) is 0 Å². The number of aliphatic hydroxyl groups excluding tert-OH is 1. The molecule has 1 aromatic rings. The van der Waals surface area contributed by atoms with Gasteiger partial charge in [-0.05, 0) is 11.0 Å². The zero-order chi connectivity index (χ0) is 9.90. The molecule has 13 heavy (non-hydrogen) atoms. The second-order valence-corrected chi connectivity index (χ2v) is 3.93. The molecule has 0 heterocycles. The van der Waals surface area contributed by atoms with Crippen LogP contribution in [0.25, 0.3) is 0 Å². The first-order valence-corrected chi connectivity index (χ1v) is 4.44. The Morgan fingerprint density at radius 3 is 2.15 bits per heavy atom. The van der Waals surface area contributed by atoms with Crippen molar-refractivity contribution in [3.8, 4) is 0 Å². The van der Waals surface area contributed by atoms with Gasteiger partial charge in [0.15, 0.2) is 6.29 Å². The van der Waals surface area contributed by atoms with Gasteiger partial charge in [0, 0.05) is 6.42 Å². The molecule has 0 saturated carbocycles. The standard InChI is InChI=1S/C11H16O2/c1-11(2,8-10(12)13)9-6-4-3-5-7-9/h3-7,10,12-13H,8H2,1-2H3. The van der Waals surface area contributed by atoms with Crippen molar-refractivity contribution in [2.24, 2.45) is 0 Å². The zero-order valence-electron chi connectivity index (χ0n) is 8.07. The molecular formula is C11H16O2. The monoisotopic (exact) mass is 180 g/mol.